The molecular formula is C18H16Cl2N2O2S. The van der Waals surface area contributed by atoms with Gasteiger partial charge < -0.3 is 9.42 Å². The molecule has 0 spiro atoms. The molecule has 4 nitrogen and oxygen atoms in total. The molecule has 0 aliphatic rings. The Bertz CT molecular complexity index is 870. The Kier molecular flexibility index (Phi) is 5.47. The number of aromatic nitrogens is 1. The molecule has 1 aromatic carbocycles. The van der Waals surface area contributed by atoms with Crippen LogP contribution in [-0.2, 0) is 6.54 Å². The molecule has 0 fully saturated rings. The van der Waals surface area contributed by atoms with E-state index in [1.165, 1.54) is 0 Å². The van der Waals surface area contributed by atoms with Crippen LogP contribution in [0.1, 0.15) is 27.9 Å². The van der Waals surface area contributed by atoms with Crippen LogP contribution in [0.3, 0.4) is 0 Å². The minimum atomic E-state index is -0.152. The standard InChI is InChI=1S/C18H16Cl2N2O2S/c1-3-22(10-12-6-5-9-25-12)18(23)15-11(2)24-21-17(15)16-13(19)7-4-8-14(16)20/h4-9H,3,10H2,1-2H3. The van der Waals surface area contributed by atoms with Crippen LogP contribution < -0.4 is 0 Å². The molecule has 0 radical (unpaired) electrons. The van der Waals surface area contributed by atoms with Crippen molar-refractivity contribution in [3.05, 3.63) is 62.0 Å². The van der Waals surface area contributed by atoms with Crippen molar-refractivity contribution in [2.45, 2.75) is 20.4 Å². The van der Waals surface area contributed by atoms with Crippen molar-refractivity contribution in [3.63, 3.8) is 0 Å². The van der Waals surface area contributed by atoms with Crippen LogP contribution >= 0.6 is 34.5 Å². The number of rotatable bonds is 5. The van der Waals surface area contributed by atoms with Crippen LogP contribution in [0.5, 0.6) is 0 Å². The lowest BCUT2D eigenvalue weighted by Crippen LogP contribution is -2.30. The van der Waals surface area contributed by atoms with Gasteiger partial charge in [0, 0.05) is 17.0 Å². The molecule has 7 heteroatoms. The maximum Gasteiger partial charge on any atom is 0.260 e. The van der Waals surface area contributed by atoms with Gasteiger partial charge in [0.1, 0.15) is 17.0 Å². The number of carbonyl (C=O) groups excluding carboxylic acids is 1. The highest BCUT2D eigenvalue weighted by atomic mass is 35.5. The lowest BCUT2D eigenvalue weighted by Gasteiger charge is -2.20. The van der Waals surface area contributed by atoms with Gasteiger partial charge >= 0.3 is 0 Å². The molecule has 0 aliphatic heterocycles. The first-order valence-corrected chi connectivity index (χ1v) is 9.38. The van der Waals surface area contributed by atoms with E-state index in [9.17, 15) is 4.79 Å². The van der Waals surface area contributed by atoms with Gasteiger partial charge in [0.15, 0.2) is 0 Å². The molecule has 0 N–H and O–H groups in total. The quantitative estimate of drug-likeness (QED) is 0.558. The van der Waals surface area contributed by atoms with Gasteiger partial charge in [-0.2, -0.15) is 0 Å². The Morgan fingerprint density at radius 1 is 1.24 bits per heavy atom. The Morgan fingerprint density at radius 3 is 2.56 bits per heavy atom. The molecule has 0 unspecified atom stereocenters. The smallest absolute Gasteiger partial charge is 0.260 e. The first-order chi connectivity index (χ1) is 12.0. The van der Waals surface area contributed by atoms with Gasteiger partial charge in [-0.3, -0.25) is 4.79 Å². The Balaban J connectivity index is 2.02. The van der Waals surface area contributed by atoms with Crippen molar-refractivity contribution in [1.29, 1.82) is 0 Å². The fourth-order valence-electron chi connectivity index (χ4n) is 2.59. The summed E-state index contributed by atoms with van der Waals surface area (Å²) >= 11 is 14.2. The number of amides is 1. The van der Waals surface area contributed by atoms with Crippen LogP contribution in [0.2, 0.25) is 10.0 Å². The Hall–Kier alpha value is -1.82. The van der Waals surface area contributed by atoms with E-state index >= 15 is 0 Å². The lowest BCUT2D eigenvalue weighted by molar-refractivity contribution is 0.0753. The molecule has 0 saturated heterocycles. The van der Waals surface area contributed by atoms with Gasteiger partial charge in [0.25, 0.3) is 5.91 Å². The number of hydrogen-bond acceptors (Lipinski definition) is 4. The predicted molar refractivity (Wildman–Crippen MR) is 101 cm³/mol. The second-order valence-corrected chi connectivity index (χ2v) is 7.30. The summed E-state index contributed by atoms with van der Waals surface area (Å²) in [7, 11) is 0. The highest BCUT2D eigenvalue weighted by molar-refractivity contribution is 7.09. The molecule has 0 saturated carbocycles. The number of benzene rings is 1. The molecule has 0 bridgehead atoms. The molecule has 1 amide bonds. The third kappa shape index (κ3) is 3.59. The summed E-state index contributed by atoms with van der Waals surface area (Å²) in [4.78, 5) is 16.0. The SMILES string of the molecule is CCN(Cc1cccs1)C(=O)c1c(-c2c(Cl)cccc2Cl)noc1C. The van der Waals surface area contributed by atoms with Crippen LogP contribution in [0.25, 0.3) is 11.3 Å². The summed E-state index contributed by atoms with van der Waals surface area (Å²) in [6, 6.07) is 9.15. The summed E-state index contributed by atoms with van der Waals surface area (Å²) < 4.78 is 5.30. The van der Waals surface area contributed by atoms with Crippen LogP contribution in [0, 0.1) is 6.92 Å². The zero-order valence-corrected chi connectivity index (χ0v) is 16.1. The van der Waals surface area contributed by atoms with E-state index in [-0.39, 0.29) is 5.91 Å². The number of thiophene rings is 1. The largest absolute Gasteiger partial charge is 0.360 e. The molecule has 2 aromatic heterocycles. The second-order valence-electron chi connectivity index (χ2n) is 5.46. The maximum absolute atomic E-state index is 13.1. The average molecular weight is 395 g/mol. The van der Waals surface area contributed by atoms with Crippen LogP contribution in [0.15, 0.2) is 40.2 Å². The molecule has 3 aromatic rings. The third-order valence-corrected chi connectivity index (χ3v) is 5.36. The van der Waals surface area contributed by atoms with Crippen molar-refractivity contribution >= 4 is 40.4 Å². The highest BCUT2D eigenvalue weighted by Crippen LogP contribution is 2.37. The molecule has 2 heterocycles. The predicted octanol–water partition coefficient (Wildman–Crippen LogP) is 5.68. The fraction of sp³-hybridized carbons (Fsp3) is 0.222. The summed E-state index contributed by atoms with van der Waals surface area (Å²) in [6.45, 7) is 4.76. The highest BCUT2D eigenvalue weighted by Gasteiger charge is 2.27. The van der Waals surface area contributed by atoms with Crippen LogP contribution in [-0.4, -0.2) is 22.5 Å². The fourth-order valence-corrected chi connectivity index (χ4v) is 3.89. The molecule has 3 rings (SSSR count). The first-order valence-electron chi connectivity index (χ1n) is 7.75. The van der Waals surface area contributed by atoms with Gasteiger partial charge in [-0.25, -0.2) is 0 Å². The first kappa shape index (κ1) is 18.0. The van der Waals surface area contributed by atoms with E-state index in [1.807, 2.05) is 24.4 Å². The number of hydrogen-bond donors (Lipinski definition) is 0. The monoisotopic (exact) mass is 394 g/mol. The number of halogens is 2. The van der Waals surface area contributed by atoms with Crippen LogP contribution in [0.4, 0.5) is 0 Å². The zero-order chi connectivity index (χ0) is 18.0. The summed E-state index contributed by atoms with van der Waals surface area (Å²) in [6.07, 6.45) is 0. The third-order valence-electron chi connectivity index (χ3n) is 3.87. The minimum Gasteiger partial charge on any atom is -0.360 e. The Labute approximate surface area is 160 Å². The van der Waals surface area contributed by atoms with E-state index in [1.54, 1.807) is 41.4 Å². The van der Waals surface area contributed by atoms with Gasteiger partial charge in [0.05, 0.1) is 16.6 Å². The van der Waals surface area contributed by atoms with Gasteiger partial charge in [-0.1, -0.05) is 40.5 Å². The summed E-state index contributed by atoms with van der Waals surface area (Å²) in [5.74, 6) is 0.293. The molecule has 25 heavy (non-hydrogen) atoms. The minimum absolute atomic E-state index is 0.152. The molecule has 130 valence electrons. The van der Waals surface area contributed by atoms with Crippen molar-refractivity contribution < 1.29 is 9.32 Å². The van der Waals surface area contributed by atoms with E-state index in [4.69, 9.17) is 27.7 Å². The molecular weight excluding hydrogens is 379 g/mol. The Morgan fingerprint density at radius 2 is 1.96 bits per heavy atom. The van der Waals surface area contributed by atoms with Crippen molar-refractivity contribution in [3.8, 4) is 11.3 Å². The van der Waals surface area contributed by atoms with E-state index in [0.717, 1.165) is 4.88 Å². The maximum atomic E-state index is 13.1. The van der Waals surface area contributed by atoms with Gasteiger partial charge in [0.2, 0.25) is 0 Å². The molecule has 0 aliphatic carbocycles. The summed E-state index contributed by atoms with van der Waals surface area (Å²) in [5.41, 5.74) is 1.29. The van der Waals surface area contributed by atoms with Crippen molar-refractivity contribution in [2.24, 2.45) is 0 Å². The summed E-state index contributed by atoms with van der Waals surface area (Å²) in [5, 5.41) is 6.90. The topological polar surface area (TPSA) is 46.3 Å². The van der Waals surface area contributed by atoms with Gasteiger partial charge in [-0.05, 0) is 37.4 Å². The normalized spacial score (nSPS) is 10.9. The van der Waals surface area contributed by atoms with E-state index < -0.39 is 0 Å². The number of carbonyl (C=O) groups is 1. The zero-order valence-electron chi connectivity index (χ0n) is 13.8. The number of aryl methyl sites for hydroxylation is 1. The van der Waals surface area contributed by atoms with Crippen molar-refractivity contribution in [1.82, 2.24) is 10.1 Å². The van der Waals surface area contributed by atoms with E-state index in [2.05, 4.69) is 5.16 Å². The van der Waals surface area contributed by atoms with Gasteiger partial charge in [-0.15, -0.1) is 11.3 Å². The lowest BCUT2D eigenvalue weighted by atomic mass is 10.0. The number of nitrogens with zero attached hydrogens (tertiary/aromatic N) is 2. The van der Waals surface area contributed by atoms with E-state index in [0.29, 0.717) is 45.7 Å². The molecule has 0 atom stereocenters. The second kappa shape index (κ2) is 7.60. The van der Waals surface area contributed by atoms with Crippen molar-refractivity contribution in [2.75, 3.05) is 6.54 Å². The average Bonchev–Trinajstić information content (AvgIpc) is 3.22.